The monoisotopic (exact) mass is 254 g/mol. The van der Waals surface area contributed by atoms with E-state index in [0.29, 0.717) is 12.5 Å². The van der Waals surface area contributed by atoms with Crippen LogP contribution in [0, 0.1) is 5.92 Å². The van der Waals surface area contributed by atoms with Crippen LogP contribution < -0.4 is 5.73 Å². The van der Waals surface area contributed by atoms with Gasteiger partial charge >= 0.3 is 0 Å². The van der Waals surface area contributed by atoms with Crippen LogP contribution in [0.25, 0.3) is 22.2 Å². The van der Waals surface area contributed by atoms with Gasteiger partial charge in [-0.05, 0) is 18.5 Å². The highest BCUT2D eigenvalue weighted by Crippen LogP contribution is 2.27. The molecule has 0 aliphatic heterocycles. The molecule has 3 rings (SSSR count). The van der Waals surface area contributed by atoms with E-state index in [4.69, 9.17) is 5.73 Å². The maximum Gasteiger partial charge on any atom is 0.106 e. The number of para-hydroxylation sites is 1. The molecule has 0 fully saturated rings. The fourth-order valence-corrected chi connectivity index (χ4v) is 2.31. The average Bonchev–Trinajstić information content (AvgIpc) is 3.04. The van der Waals surface area contributed by atoms with Gasteiger partial charge in [-0.1, -0.05) is 25.1 Å². The fourth-order valence-electron chi connectivity index (χ4n) is 2.31. The summed E-state index contributed by atoms with van der Waals surface area (Å²) < 4.78 is 0. The van der Waals surface area contributed by atoms with E-state index in [1.54, 1.807) is 0 Å². The molecule has 4 heteroatoms. The van der Waals surface area contributed by atoms with Gasteiger partial charge in [0, 0.05) is 29.1 Å². The predicted molar refractivity (Wildman–Crippen MR) is 77.8 cm³/mol. The lowest BCUT2D eigenvalue weighted by Crippen LogP contribution is -2.13. The van der Waals surface area contributed by atoms with Crippen molar-refractivity contribution in [1.82, 2.24) is 15.0 Å². The van der Waals surface area contributed by atoms with Crippen LogP contribution in [0.5, 0.6) is 0 Å². The van der Waals surface area contributed by atoms with Crippen LogP contribution in [-0.4, -0.2) is 21.5 Å². The molecular weight excluding hydrogens is 236 g/mol. The maximum atomic E-state index is 5.65. The first-order chi connectivity index (χ1) is 9.28. The predicted octanol–water partition coefficient (Wildman–Crippen LogP) is 2.70. The smallest absolute Gasteiger partial charge is 0.106 e. The summed E-state index contributed by atoms with van der Waals surface area (Å²) in [4.78, 5) is 11.1. The third kappa shape index (κ3) is 2.27. The van der Waals surface area contributed by atoms with Crippen molar-refractivity contribution in [2.75, 3.05) is 6.54 Å². The zero-order valence-corrected chi connectivity index (χ0v) is 11.0. The molecule has 2 aromatic heterocycles. The van der Waals surface area contributed by atoms with Gasteiger partial charge in [-0.2, -0.15) is 0 Å². The Morgan fingerprint density at radius 1 is 1.32 bits per heavy atom. The number of nitrogens with one attached hydrogen (secondary N) is 2. The average molecular weight is 254 g/mol. The van der Waals surface area contributed by atoms with E-state index in [1.165, 1.54) is 5.39 Å². The molecule has 0 bridgehead atoms. The van der Waals surface area contributed by atoms with Crippen LogP contribution in [0.1, 0.15) is 12.7 Å². The topological polar surface area (TPSA) is 70.5 Å². The number of hydrogen-bond donors (Lipinski definition) is 3. The van der Waals surface area contributed by atoms with Crippen molar-refractivity contribution in [2.24, 2.45) is 11.7 Å². The van der Waals surface area contributed by atoms with Crippen molar-refractivity contribution in [3.63, 3.8) is 0 Å². The van der Waals surface area contributed by atoms with Crippen LogP contribution in [0.3, 0.4) is 0 Å². The molecule has 1 unspecified atom stereocenters. The summed E-state index contributed by atoms with van der Waals surface area (Å²) in [6.45, 7) is 2.82. The number of imidazole rings is 1. The Hall–Kier alpha value is -2.07. The molecule has 1 aromatic carbocycles. The van der Waals surface area contributed by atoms with Crippen molar-refractivity contribution < 1.29 is 0 Å². The van der Waals surface area contributed by atoms with Gasteiger partial charge < -0.3 is 15.7 Å². The van der Waals surface area contributed by atoms with Crippen LogP contribution >= 0.6 is 0 Å². The second-order valence-electron chi connectivity index (χ2n) is 5.04. The quantitative estimate of drug-likeness (QED) is 0.670. The van der Waals surface area contributed by atoms with Crippen molar-refractivity contribution in [1.29, 1.82) is 0 Å². The third-order valence-corrected chi connectivity index (χ3v) is 3.45. The number of nitrogens with zero attached hydrogens (tertiary/aromatic N) is 1. The van der Waals surface area contributed by atoms with E-state index in [9.17, 15) is 0 Å². The molecule has 3 aromatic rings. The van der Waals surface area contributed by atoms with Crippen molar-refractivity contribution >= 4 is 10.9 Å². The third-order valence-electron chi connectivity index (χ3n) is 3.45. The lowest BCUT2D eigenvalue weighted by molar-refractivity contribution is 0.577. The van der Waals surface area contributed by atoms with Gasteiger partial charge in [-0.3, -0.25) is 0 Å². The number of benzene rings is 1. The van der Waals surface area contributed by atoms with E-state index in [2.05, 4.69) is 34.0 Å². The Labute approximate surface area is 112 Å². The highest BCUT2D eigenvalue weighted by atomic mass is 14.9. The van der Waals surface area contributed by atoms with Crippen LogP contribution in [-0.2, 0) is 6.42 Å². The first kappa shape index (κ1) is 12.0. The maximum absolute atomic E-state index is 5.65. The van der Waals surface area contributed by atoms with Crippen LogP contribution in [0.2, 0.25) is 0 Å². The van der Waals surface area contributed by atoms with Crippen molar-refractivity contribution in [2.45, 2.75) is 13.3 Å². The Morgan fingerprint density at radius 3 is 3.00 bits per heavy atom. The molecule has 1 atom stereocenters. The van der Waals surface area contributed by atoms with E-state index >= 15 is 0 Å². The Bertz CT molecular complexity index is 680. The first-order valence-corrected chi connectivity index (χ1v) is 6.58. The summed E-state index contributed by atoms with van der Waals surface area (Å²) in [7, 11) is 0. The molecule has 0 radical (unpaired) electrons. The van der Waals surface area contributed by atoms with Crippen molar-refractivity contribution in [3.05, 3.63) is 42.5 Å². The molecule has 0 aliphatic carbocycles. The number of rotatable bonds is 4. The normalized spacial score (nSPS) is 12.9. The lowest BCUT2D eigenvalue weighted by Gasteiger charge is -2.04. The van der Waals surface area contributed by atoms with E-state index in [0.717, 1.165) is 29.0 Å². The molecule has 0 amide bonds. The summed E-state index contributed by atoms with van der Waals surface area (Å²) >= 11 is 0. The van der Waals surface area contributed by atoms with Gasteiger partial charge in [-0.15, -0.1) is 0 Å². The molecule has 2 heterocycles. The Kier molecular flexibility index (Phi) is 3.09. The number of nitrogens with two attached hydrogens (primary N) is 1. The minimum absolute atomic E-state index is 0.446. The summed E-state index contributed by atoms with van der Waals surface area (Å²) in [5.74, 6) is 1.44. The highest BCUT2D eigenvalue weighted by molar-refractivity contribution is 5.94. The minimum atomic E-state index is 0.446. The Balaban J connectivity index is 1.94. The van der Waals surface area contributed by atoms with Gasteiger partial charge in [0.1, 0.15) is 5.82 Å². The SMILES string of the molecule is CC(CN)Cc1ncc(-c2c[nH]c3ccccc23)[nH]1. The summed E-state index contributed by atoms with van der Waals surface area (Å²) in [5.41, 5.74) is 9.01. The molecule has 0 aliphatic rings. The summed E-state index contributed by atoms with van der Waals surface area (Å²) in [5, 5.41) is 1.21. The minimum Gasteiger partial charge on any atom is -0.360 e. The van der Waals surface area contributed by atoms with Gasteiger partial charge in [-0.25, -0.2) is 4.98 Å². The zero-order chi connectivity index (χ0) is 13.2. The second-order valence-corrected chi connectivity index (χ2v) is 5.04. The number of hydrogen-bond acceptors (Lipinski definition) is 2. The standard InChI is InChI=1S/C15H18N4/c1-10(7-16)6-15-18-9-14(19-15)12-8-17-13-5-3-2-4-11(12)13/h2-5,8-10,17H,6-7,16H2,1H3,(H,18,19). The molecule has 19 heavy (non-hydrogen) atoms. The molecular formula is C15H18N4. The Morgan fingerprint density at radius 2 is 2.16 bits per heavy atom. The largest absolute Gasteiger partial charge is 0.360 e. The second kappa shape index (κ2) is 4.90. The van der Waals surface area contributed by atoms with Crippen LogP contribution in [0.4, 0.5) is 0 Å². The molecule has 98 valence electrons. The highest BCUT2D eigenvalue weighted by Gasteiger charge is 2.10. The summed E-state index contributed by atoms with van der Waals surface area (Å²) in [6, 6.07) is 8.27. The number of H-pyrrole nitrogens is 2. The van der Waals surface area contributed by atoms with Gasteiger partial charge in [0.2, 0.25) is 0 Å². The van der Waals surface area contributed by atoms with Crippen LogP contribution in [0.15, 0.2) is 36.7 Å². The van der Waals surface area contributed by atoms with E-state index < -0.39 is 0 Å². The number of aromatic nitrogens is 3. The van der Waals surface area contributed by atoms with E-state index in [-0.39, 0.29) is 0 Å². The summed E-state index contributed by atoms with van der Waals surface area (Å²) in [6.07, 6.45) is 4.81. The zero-order valence-electron chi connectivity index (χ0n) is 11.0. The molecule has 4 N–H and O–H groups in total. The van der Waals surface area contributed by atoms with E-state index in [1.807, 2.05) is 24.5 Å². The van der Waals surface area contributed by atoms with Gasteiger partial charge in [0.15, 0.2) is 0 Å². The number of aromatic amines is 2. The van der Waals surface area contributed by atoms with Gasteiger partial charge in [0.25, 0.3) is 0 Å². The molecule has 0 saturated heterocycles. The lowest BCUT2D eigenvalue weighted by atomic mass is 10.1. The molecule has 0 saturated carbocycles. The molecule has 0 spiro atoms. The van der Waals surface area contributed by atoms with Gasteiger partial charge in [0.05, 0.1) is 11.9 Å². The van der Waals surface area contributed by atoms with Crippen molar-refractivity contribution in [3.8, 4) is 11.3 Å². The first-order valence-electron chi connectivity index (χ1n) is 6.58. The number of fused-ring (bicyclic) bond motifs is 1. The molecule has 4 nitrogen and oxygen atoms in total. The fraction of sp³-hybridized carbons (Fsp3) is 0.267.